The highest BCUT2D eigenvalue weighted by Gasteiger charge is 2.31. The fraction of sp³-hybridized carbons (Fsp3) is 0.857. The number of carbonyl (C=O) groups is 2. The molecule has 1 fully saturated rings. The van der Waals surface area contributed by atoms with E-state index in [0.717, 1.165) is 19.3 Å². The molecule has 0 aromatic carbocycles. The Bertz CT molecular complexity index is 464. The van der Waals surface area contributed by atoms with Crippen LogP contribution in [0.5, 0.6) is 0 Å². The normalized spacial score (nSPS) is 18.2. The molecule has 0 unspecified atom stereocenters. The minimum absolute atomic E-state index is 0.205. The van der Waals surface area contributed by atoms with Gasteiger partial charge in [-0.25, -0.2) is 13.1 Å². The Kier molecular flexibility index (Phi) is 8.40. The summed E-state index contributed by atoms with van der Waals surface area (Å²) in [6.45, 7) is 2.84. The molecule has 22 heavy (non-hydrogen) atoms. The van der Waals surface area contributed by atoms with Crippen LogP contribution < -0.4 is 10.0 Å². The van der Waals surface area contributed by atoms with Gasteiger partial charge in [-0.2, -0.15) is 0 Å². The number of nitrogens with one attached hydrogen (secondary N) is 2. The van der Waals surface area contributed by atoms with Crippen molar-refractivity contribution in [3.8, 4) is 0 Å². The predicted octanol–water partition coefficient (Wildman–Crippen LogP) is 0.698. The number of ether oxygens (including phenoxy) is 1. The summed E-state index contributed by atoms with van der Waals surface area (Å²) < 4.78 is 30.4. The number of cyclic esters (lactones) is 1. The number of esters is 1. The minimum atomic E-state index is -3.81. The monoisotopic (exact) mass is 334 g/mol. The van der Waals surface area contributed by atoms with Gasteiger partial charge in [0.25, 0.3) is 0 Å². The molecule has 0 aromatic rings. The van der Waals surface area contributed by atoms with Crippen molar-refractivity contribution in [2.75, 3.05) is 18.9 Å². The summed E-state index contributed by atoms with van der Waals surface area (Å²) in [5.41, 5.74) is 0. The molecule has 1 amide bonds. The van der Waals surface area contributed by atoms with Gasteiger partial charge in [-0.15, -0.1) is 0 Å². The summed E-state index contributed by atoms with van der Waals surface area (Å²) >= 11 is 0. The van der Waals surface area contributed by atoms with E-state index in [1.165, 1.54) is 19.3 Å². The highest BCUT2D eigenvalue weighted by molar-refractivity contribution is 7.90. The zero-order valence-corrected chi connectivity index (χ0v) is 13.9. The molecular weight excluding hydrogens is 308 g/mol. The second kappa shape index (κ2) is 9.78. The van der Waals surface area contributed by atoms with Crippen molar-refractivity contribution >= 4 is 21.9 Å². The number of unbranched alkanes of at least 4 members (excludes halogenated alkanes) is 5. The van der Waals surface area contributed by atoms with Crippen LogP contribution in [0.15, 0.2) is 0 Å². The fourth-order valence-electron chi connectivity index (χ4n) is 2.22. The van der Waals surface area contributed by atoms with Crippen molar-refractivity contribution in [2.24, 2.45) is 0 Å². The van der Waals surface area contributed by atoms with Crippen molar-refractivity contribution in [3.05, 3.63) is 0 Å². The number of carbonyl (C=O) groups excluding carboxylic acids is 2. The Labute approximate surface area is 132 Å². The number of hydrogen-bond acceptors (Lipinski definition) is 5. The van der Waals surface area contributed by atoms with Gasteiger partial charge in [0.15, 0.2) is 0 Å². The van der Waals surface area contributed by atoms with Crippen LogP contribution in [-0.2, 0) is 24.3 Å². The second-order valence-electron chi connectivity index (χ2n) is 5.50. The molecule has 1 saturated heterocycles. The second-order valence-corrected chi connectivity index (χ2v) is 7.26. The molecule has 8 heteroatoms. The lowest BCUT2D eigenvalue weighted by atomic mass is 10.1. The van der Waals surface area contributed by atoms with E-state index in [4.69, 9.17) is 0 Å². The SMILES string of the molecule is CCCCCCCCNC(=O)CS(=O)(=O)N[C@H]1CCOC1=O. The molecule has 1 aliphatic heterocycles. The van der Waals surface area contributed by atoms with Gasteiger partial charge < -0.3 is 10.1 Å². The first-order valence-electron chi connectivity index (χ1n) is 7.88. The smallest absolute Gasteiger partial charge is 0.324 e. The molecule has 0 radical (unpaired) electrons. The quantitative estimate of drug-likeness (QED) is 0.428. The first-order chi connectivity index (χ1) is 10.4. The van der Waals surface area contributed by atoms with E-state index in [1.54, 1.807) is 0 Å². The van der Waals surface area contributed by atoms with Crippen molar-refractivity contribution in [1.29, 1.82) is 0 Å². The summed E-state index contributed by atoms with van der Waals surface area (Å²) in [5.74, 6) is -1.80. The highest BCUT2D eigenvalue weighted by Crippen LogP contribution is 2.07. The van der Waals surface area contributed by atoms with Gasteiger partial charge in [0.05, 0.1) is 6.61 Å². The molecule has 1 atom stereocenters. The van der Waals surface area contributed by atoms with E-state index in [-0.39, 0.29) is 6.61 Å². The number of hydrogen-bond donors (Lipinski definition) is 2. The van der Waals surface area contributed by atoms with Gasteiger partial charge in [-0.05, 0) is 6.42 Å². The first-order valence-corrected chi connectivity index (χ1v) is 9.53. The molecular formula is C14H26N2O5S. The third kappa shape index (κ3) is 7.74. The van der Waals surface area contributed by atoms with Crippen molar-refractivity contribution < 1.29 is 22.7 Å². The van der Waals surface area contributed by atoms with Crippen LogP contribution in [0.25, 0.3) is 0 Å². The Morgan fingerprint density at radius 2 is 1.91 bits per heavy atom. The molecule has 7 nitrogen and oxygen atoms in total. The van der Waals surface area contributed by atoms with Gasteiger partial charge in [-0.3, -0.25) is 9.59 Å². The summed E-state index contributed by atoms with van der Waals surface area (Å²) in [6.07, 6.45) is 6.91. The van der Waals surface area contributed by atoms with Crippen LogP contribution in [0.2, 0.25) is 0 Å². The van der Waals surface area contributed by atoms with Gasteiger partial charge in [-0.1, -0.05) is 39.0 Å². The van der Waals surface area contributed by atoms with E-state index in [1.807, 2.05) is 0 Å². The Morgan fingerprint density at radius 3 is 2.55 bits per heavy atom. The molecule has 0 aromatic heterocycles. The van der Waals surface area contributed by atoms with Crippen molar-refractivity contribution in [1.82, 2.24) is 10.0 Å². The zero-order chi connectivity index (χ0) is 16.4. The van der Waals surface area contributed by atoms with Gasteiger partial charge in [0, 0.05) is 13.0 Å². The fourth-order valence-corrected chi connectivity index (χ4v) is 3.40. The van der Waals surface area contributed by atoms with E-state index in [9.17, 15) is 18.0 Å². The summed E-state index contributed by atoms with van der Waals surface area (Å²) in [5, 5.41) is 2.59. The molecule has 2 N–H and O–H groups in total. The maximum atomic E-state index is 11.8. The van der Waals surface area contributed by atoms with Gasteiger partial charge in [0.1, 0.15) is 11.8 Å². The average molecular weight is 334 g/mol. The molecule has 1 rings (SSSR count). The van der Waals surface area contributed by atoms with Crippen LogP contribution >= 0.6 is 0 Å². The number of rotatable bonds is 11. The zero-order valence-electron chi connectivity index (χ0n) is 13.1. The van der Waals surface area contributed by atoms with E-state index < -0.39 is 33.7 Å². The topological polar surface area (TPSA) is 102 Å². The summed E-state index contributed by atoms with van der Waals surface area (Å²) in [6, 6.07) is -0.864. The van der Waals surface area contributed by atoms with E-state index in [0.29, 0.717) is 13.0 Å². The lowest BCUT2D eigenvalue weighted by Gasteiger charge is -2.10. The first kappa shape index (κ1) is 18.9. The molecule has 128 valence electrons. The molecule has 0 bridgehead atoms. The standard InChI is InChI=1S/C14H26N2O5S/c1-2-3-4-5-6-7-9-15-13(17)11-22(19,20)16-12-8-10-21-14(12)18/h12,16H,2-11H2,1H3,(H,15,17)/t12-/m0/s1. The van der Waals surface area contributed by atoms with Crippen LogP contribution in [0.4, 0.5) is 0 Å². The third-order valence-electron chi connectivity index (χ3n) is 3.43. The van der Waals surface area contributed by atoms with E-state index in [2.05, 4.69) is 21.7 Å². The average Bonchev–Trinajstić information content (AvgIpc) is 2.82. The van der Waals surface area contributed by atoms with Crippen molar-refractivity contribution in [3.63, 3.8) is 0 Å². The Hall–Kier alpha value is -1.15. The third-order valence-corrected chi connectivity index (χ3v) is 4.72. The maximum absolute atomic E-state index is 11.8. The maximum Gasteiger partial charge on any atom is 0.324 e. The summed E-state index contributed by atoms with van der Waals surface area (Å²) in [4.78, 5) is 22.8. The lowest BCUT2D eigenvalue weighted by Crippen LogP contribution is -2.43. The molecule has 0 spiro atoms. The minimum Gasteiger partial charge on any atom is -0.464 e. The van der Waals surface area contributed by atoms with Gasteiger partial charge >= 0.3 is 5.97 Å². The van der Waals surface area contributed by atoms with Crippen LogP contribution in [0.1, 0.15) is 51.9 Å². The van der Waals surface area contributed by atoms with Crippen LogP contribution in [0.3, 0.4) is 0 Å². The molecule has 0 aliphatic carbocycles. The molecule has 1 heterocycles. The Balaban J connectivity index is 2.16. The number of sulfonamides is 1. The predicted molar refractivity (Wildman–Crippen MR) is 82.7 cm³/mol. The van der Waals surface area contributed by atoms with Crippen molar-refractivity contribution in [2.45, 2.75) is 57.9 Å². The number of amides is 1. The largest absolute Gasteiger partial charge is 0.464 e. The molecule has 0 saturated carbocycles. The molecule has 1 aliphatic rings. The highest BCUT2D eigenvalue weighted by atomic mass is 32.2. The van der Waals surface area contributed by atoms with Crippen LogP contribution in [0, 0.1) is 0 Å². The van der Waals surface area contributed by atoms with Crippen LogP contribution in [-0.4, -0.2) is 45.2 Å². The lowest BCUT2D eigenvalue weighted by molar-refractivity contribution is -0.139. The Morgan fingerprint density at radius 1 is 1.23 bits per heavy atom. The summed E-state index contributed by atoms with van der Waals surface area (Å²) in [7, 11) is -3.81. The van der Waals surface area contributed by atoms with E-state index >= 15 is 0 Å². The van der Waals surface area contributed by atoms with Gasteiger partial charge in [0.2, 0.25) is 15.9 Å².